The zero-order valence-electron chi connectivity index (χ0n) is 19.1. The number of rotatable bonds is 20. The molecule has 30 heavy (non-hydrogen) atoms. The molecule has 0 radical (unpaired) electrons. The van der Waals surface area contributed by atoms with Gasteiger partial charge in [-0.05, 0) is 12.0 Å². The van der Waals surface area contributed by atoms with Crippen molar-refractivity contribution < 1.29 is 19.7 Å². The minimum Gasteiger partial charge on any atom is -0.481 e. The van der Waals surface area contributed by atoms with Gasteiger partial charge in [-0.1, -0.05) is 127 Å². The third-order valence-corrected chi connectivity index (χ3v) is 6.13. The number of aliphatic carboxylic acids is 1. The topological polar surface area (TPSA) is 66.8 Å². The highest BCUT2D eigenvalue weighted by Crippen LogP contribution is 2.31. The molecule has 0 aromatic heterocycles. The molecule has 0 aliphatic rings. The molecule has 2 N–H and O–H groups in total. The van der Waals surface area contributed by atoms with E-state index in [2.05, 4.69) is 6.92 Å². The molecule has 0 fully saturated rings. The van der Waals surface area contributed by atoms with Crippen LogP contribution in [0.4, 0.5) is 0 Å². The summed E-state index contributed by atoms with van der Waals surface area (Å²) in [6.07, 6.45) is 18.4. The van der Waals surface area contributed by atoms with Gasteiger partial charge >= 0.3 is 5.97 Å². The quantitative estimate of drug-likeness (QED) is 0.179. The van der Waals surface area contributed by atoms with Crippen molar-refractivity contribution in [3.05, 3.63) is 35.9 Å². The summed E-state index contributed by atoms with van der Waals surface area (Å²) in [7, 11) is 0. The highest BCUT2D eigenvalue weighted by Gasteiger charge is 2.40. The fourth-order valence-electron chi connectivity index (χ4n) is 4.19. The van der Waals surface area contributed by atoms with Crippen molar-refractivity contribution in [1.82, 2.24) is 0 Å². The smallest absolute Gasteiger partial charge is 0.316 e. The number of hydrogen-bond donors (Lipinski definition) is 2. The molecule has 0 bridgehead atoms. The highest BCUT2D eigenvalue weighted by molar-refractivity contribution is 5.81. The van der Waals surface area contributed by atoms with Gasteiger partial charge in [0.25, 0.3) is 0 Å². The molecule has 1 atom stereocenters. The molecular formula is C26H44O4. The van der Waals surface area contributed by atoms with E-state index in [1.54, 1.807) is 0 Å². The van der Waals surface area contributed by atoms with Gasteiger partial charge < -0.3 is 14.9 Å². The molecule has 1 aromatic carbocycles. The lowest BCUT2D eigenvalue weighted by molar-refractivity contribution is -0.149. The molecule has 172 valence electrons. The van der Waals surface area contributed by atoms with Crippen LogP contribution in [0.25, 0.3) is 0 Å². The maximum Gasteiger partial charge on any atom is 0.316 e. The summed E-state index contributed by atoms with van der Waals surface area (Å²) < 4.78 is 5.16. The first-order valence-electron chi connectivity index (χ1n) is 12.1. The summed E-state index contributed by atoms with van der Waals surface area (Å²) in [6.45, 7) is 1.81. The predicted octanol–water partition coefficient (Wildman–Crippen LogP) is 6.85. The maximum atomic E-state index is 12.1. The van der Waals surface area contributed by atoms with Gasteiger partial charge in [0.2, 0.25) is 0 Å². The zero-order chi connectivity index (χ0) is 21.9. The van der Waals surface area contributed by atoms with E-state index in [9.17, 15) is 9.90 Å². The molecule has 0 amide bonds. The Morgan fingerprint density at radius 1 is 0.800 bits per heavy atom. The van der Waals surface area contributed by atoms with E-state index in [1.165, 1.54) is 70.6 Å². The summed E-state index contributed by atoms with van der Waals surface area (Å²) in [5.41, 5.74) is -0.332. The molecule has 1 unspecified atom stereocenters. The van der Waals surface area contributed by atoms with E-state index in [0.717, 1.165) is 24.8 Å². The van der Waals surface area contributed by atoms with Crippen LogP contribution in [-0.4, -0.2) is 29.6 Å². The van der Waals surface area contributed by atoms with E-state index in [-0.39, 0.29) is 6.61 Å². The highest BCUT2D eigenvalue weighted by atomic mass is 16.6. The van der Waals surface area contributed by atoms with Crippen LogP contribution in [0, 0.1) is 0 Å². The second kappa shape index (κ2) is 17.3. The lowest BCUT2D eigenvalue weighted by Crippen LogP contribution is -2.40. The SMILES string of the molecule is CCCCCCCCCCCCCCCCC(COCO)(C(=O)O)c1ccccc1. The molecular weight excluding hydrogens is 376 g/mol. The Morgan fingerprint density at radius 2 is 1.27 bits per heavy atom. The van der Waals surface area contributed by atoms with Gasteiger partial charge in [0.05, 0.1) is 6.61 Å². The Kier molecular flexibility index (Phi) is 15.4. The fourth-order valence-corrected chi connectivity index (χ4v) is 4.19. The Morgan fingerprint density at radius 3 is 1.70 bits per heavy atom. The van der Waals surface area contributed by atoms with E-state index >= 15 is 0 Å². The van der Waals surface area contributed by atoms with Crippen LogP contribution in [0.1, 0.15) is 109 Å². The molecule has 4 nitrogen and oxygen atoms in total. The average Bonchev–Trinajstić information content (AvgIpc) is 2.76. The summed E-state index contributed by atoms with van der Waals surface area (Å²) in [5.74, 6) is -0.878. The van der Waals surface area contributed by atoms with Gasteiger partial charge in [-0.2, -0.15) is 0 Å². The third kappa shape index (κ3) is 10.6. The van der Waals surface area contributed by atoms with Crippen molar-refractivity contribution in [3.63, 3.8) is 0 Å². The van der Waals surface area contributed by atoms with E-state index in [1.807, 2.05) is 30.3 Å². The average molecular weight is 421 g/mol. The number of hydrogen-bond acceptors (Lipinski definition) is 3. The molecule has 0 aliphatic carbocycles. The Balaban J connectivity index is 2.21. The van der Waals surface area contributed by atoms with Crippen molar-refractivity contribution in [2.45, 2.75) is 109 Å². The second-order valence-electron chi connectivity index (χ2n) is 8.58. The Labute approximate surface area is 184 Å². The summed E-state index contributed by atoms with van der Waals surface area (Å²) >= 11 is 0. The zero-order valence-corrected chi connectivity index (χ0v) is 19.1. The van der Waals surface area contributed by atoms with Crippen LogP contribution in [0.2, 0.25) is 0 Å². The maximum absolute atomic E-state index is 12.1. The van der Waals surface area contributed by atoms with Crippen LogP contribution < -0.4 is 0 Å². The van der Waals surface area contributed by atoms with Crippen molar-refractivity contribution in [1.29, 1.82) is 0 Å². The van der Waals surface area contributed by atoms with Gasteiger partial charge in [-0.3, -0.25) is 4.79 Å². The molecule has 0 saturated carbocycles. The predicted molar refractivity (Wildman–Crippen MR) is 124 cm³/mol. The minimum atomic E-state index is -1.08. The monoisotopic (exact) mass is 420 g/mol. The number of unbranched alkanes of at least 4 members (excludes halogenated alkanes) is 13. The number of aliphatic hydroxyl groups is 1. The van der Waals surface area contributed by atoms with Gasteiger partial charge in [-0.15, -0.1) is 0 Å². The lowest BCUT2D eigenvalue weighted by atomic mass is 9.76. The van der Waals surface area contributed by atoms with Crippen LogP contribution in [0.15, 0.2) is 30.3 Å². The van der Waals surface area contributed by atoms with Crippen molar-refractivity contribution in [2.75, 3.05) is 13.4 Å². The van der Waals surface area contributed by atoms with Gasteiger partial charge in [0.15, 0.2) is 0 Å². The number of aliphatic hydroxyl groups excluding tert-OH is 1. The second-order valence-corrected chi connectivity index (χ2v) is 8.58. The first-order chi connectivity index (χ1) is 14.7. The van der Waals surface area contributed by atoms with Crippen molar-refractivity contribution >= 4 is 5.97 Å². The van der Waals surface area contributed by atoms with E-state index < -0.39 is 18.2 Å². The molecule has 0 saturated heterocycles. The number of ether oxygens (including phenoxy) is 1. The number of carbonyl (C=O) groups is 1. The first-order valence-corrected chi connectivity index (χ1v) is 12.1. The Bertz CT molecular complexity index is 531. The Hall–Kier alpha value is -1.39. The van der Waals surface area contributed by atoms with Gasteiger partial charge in [0, 0.05) is 0 Å². The number of benzene rings is 1. The van der Waals surface area contributed by atoms with Gasteiger partial charge in [0.1, 0.15) is 12.2 Å². The van der Waals surface area contributed by atoms with E-state index in [0.29, 0.717) is 6.42 Å². The standard InChI is InChI=1S/C26H44O4/c1-2-3-4-5-6-7-8-9-10-11-12-13-14-18-21-26(25(28)29,22-30-23-27)24-19-16-15-17-20-24/h15-17,19-20,27H,2-14,18,21-23H2,1H3,(H,28,29). The summed E-state index contributed by atoms with van der Waals surface area (Å²) in [5, 5.41) is 19.0. The molecule has 1 aromatic rings. The molecule has 4 heteroatoms. The van der Waals surface area contributed by atoms with E-state index in [4.69, 9.17) is 9.84 Å². The van der Waals surface area contributed by atoms with Crippen LogP contribution in [-0.2, 0) is 14.9 Å². The van der Waals surface area contributed by atoms with Crippen LogP contribution in [0.5, 0.6) is 0 Å². The van der Waals surface area contributed by atoms with Crippen LogP contribution >= 0.6 is 0 Å². The third-order valence-electron chi connectivity index (χ3n) is 6.13. The molecule has 0 aliphatic heterocycles. The minimum absolute atomic E-state index is 0.00128. The molecule has 1 rings (SSSR count). The fraction of sp³-hybridized carbons (Fsp3) is 0.731. The normalized spacial score (nSPS) is 13.3. The molecule has 0 spiro atoms. The van der Waals surface area contributed by atoms with Crippen molar-refractivity contribution in [3.8, 4) is 0 Å². The molecule has 0 heterocycles. The largest absolute Gasteiger partial charge is 0.481 e. The van der Waals surface area contributed by atoms with Gasteiger partial charge in [-0.25, -0.2) is 0 Å². The summed E-state index contributed by atoms with van der Waals surface area (Å²) in [6, 6.07) is 9.29. The first kappa shape index (κ1) is 26.6. The van der Waals surface area contributed by atoms with Crippen molar-refractivity contribution in [2.24, 2.45) is 0 Å². The lowest BCUT2D eigenvalue weighted by Gasteiger charge is -2.29. The number of carboxylic acid groups (broad SMARTS) is 1. The summed E-state index contributed by atoms with van der Waals surface area (Å²) in [4.78, 5) is 12.1. The van der Waals surface area contributed by atoms with Crippen LogP contribution in [0.3, 0.4) is 0 Å². The number of carboxylic acids is 1.